The van der Waals surface area contributed by atoms with E-state index in [4.69, 9.17) is 32.4 Å². The highest BCUT2D eigenvalue weighted by Gasteiger charge is 2.38. The zero-order chi connectivity index (χ0) is 29.0. The first-order chi connectivity index (χ1) is 18.2. The van der Waals surface area contributed by atoms with Crippen molar-refractivity contribution in [2.75, 3.05) is 18.6 Å². The lowest BCUT2D eigenvalue weighted by Gasteiger charge is -2.38. The maximum atomic E-state index is 13.9. The third-order valence-corrected chi connectivity index (χ3v) is 13.4. The SMILES string of the molecule is COC(=O)CC1CCC(c2ccc(N(C(=O)c3c(Cl)ncnc3Cl)[C@H](C)CO[Si](C)(C)C(C)(C)C)cc2)CC1. The van der Waals surface area contributed by atoms with Crippen LogP contribution in [0.25, 0.3) is 0 Å². The standard InChI is InChI=1S/C29H41Cl2N3O4Si/c1-19(17-38-39(6,7)29(2,3)4)34(28(36)25-26(30)32-18-33-27(25)31)23-14-12-22(13-15-23)21-10-8-20(9-11-21)16-24(35)37-5/h12-15,18-21H,8-11,16-17H2,1-7H3/t19-,20?,21?/m1/s1. The van der Waals surface area contributed by atoms with Gasteiger partial charge in [0.25, 0.3) is 5.91 Å². The van der Waals surface area contributed by atoms with Crippen LogP contribution in [0.5, 0.6) is 0 Å². The predicted molar refractivity (Wildman–Crippen MR) is 159 cm³/mol. The average Bonchev–Trinajstić information content (AvgIpc) is 2.88. The molecule has 1 aliphatic carbocycles. The fourth-order valence-corrected chi connectivity index (χ4v) is 6.33. The molecule has 1 atom stereocenters. The van der Waals surface area contributed by atoms with E-state index in [9.17, 15) is 9.59 Å². The molecule has 0 unspecified atom stereocenters. The number of carbonyl (C=O) groups excluding carboxylic acids is 2. The fourth-order valence-electron chi connectivity index (χ4n) is 4.76. The molecule has 0 bridgehead atoms. The Morgan fingerprint density at radius 3 is 2.13 bits per heavy atom. The second-order valence-electron chi connectivity index (χ2n) is 12.0. The third kappa shape index (κ3) is 7.81. The molecule has 1 amide bonds. The van der Waals surface area contributed by atoms with E-state index in [1.807, 2.05) is 19.1 Å². The second-order valence-corrected chi connectivity index (χ2v) is 17.5. The maximum Gasteiger partial charge on any atom is 0.305 e. The Morgan fingerprint density at radius 1 is 1.05 bits per heavy atom. The predicted octanol–water partition coefficient (Wildman–Crippen LogP) is 7.68. The number of carbonyl (C=O) groups is 2. The Labute approximate surface area is 243 Å². The van der Waals surface area contributed by atoms with Gasteiger partial charge in [0.05, 0.1) is 19.8 Å². The van der Waals surface area contributed by atoms with Crippen molar-refractivity contribution < 1.29 is 18.8 Å². The Balaban J connectivity index is 1.83. The number of aromatic nitrogens is 2. The molecule has 2 aromatic rings. The molecule has 0 spiro atoms. The van der Waals surface area contributed by atoms with Crippen LogP contribution < -0.4 is 4.90 Å². The first kappa shape index (κ1) is 31.5. The van der Waals surface area contributed by atoms with Crippen LogP contribution in [0.1, 0.15) is 81.6 Å². The molecule has 1 heterocycles. The lowest BCUT2D eigenvalue weighted by atomic mass is 9.77. The van der Waals surface area contributed by atoms with Crippen molar-refractivity contribution in [2.45, 2.75) is 89.9 Å². The summed E-state index contributed by atoms with van der Waals surface area (Å²) < 4.78 is 11.3. The Kier molecular flexibility index (Phi) is 10.6. The number of halogens is 2. The first-order valence-corrected chi connectivity index (χ1v) is 17.2. The zero-order valence-corrected chi connectivity index (χ0v) is 26.6. The number of nitrogens with zero attached hydrogens (tertiary/aromatic N) is 3. The van der Waals surface area contributed by atoms with Crippen LogP contribution in [0.15, 0.2) is 30.6 Å². The van der Waals surface area contributed by atoms with Crippen LogP contribution >= 0.6 is 23.2 Å². The molecule has 1 aliphatic rings. The Hall–Kier alpha value is -2.00. The molecular weight excluding hydrogens is 553 g/mol. The van der Waals surface area contributed by atoms with Crippen molar-refractivity contribution in [3.63, 3.8) is 0 Å². The van der Waals surface area contributed by atoms with Gasteiger partial charge in [0, 0.05) is 12.1 Å². The van der Waals surface area contributed by atoms with Crippen LogP contribution in [0.4, 0.5) is 5.69 Å². The number of methoxy groups -OCH3 is 1. The molecular formula is C29H41Cl2N3O4Si. The number of hydrogen-bond acceptors (Lipinski definition) is 6. The van der Waals surface area contributed by atoms with E-state index in [-0.39, 0.29) is 38.8 Å². The van der Waals surface area contributed by atoms with Gasteiger partial charge in [-0.25, -0.2) is 9.97 Å². The molecule has 0 radical (unpaired) electrons. The van der Waals surface area contributed by atoms with Crippen LogP contribution in [0.2, 0.25) is 28.4 Å². The minimum atomic E-state index is -2.04. The van der Waals surface area contributed by atoms with Gasteiger partial charge in [-0.05, 0) is 80.3 Å². The Bertz CT molecular complexity index is 1130. The minimum Gasteiger partial charge on any atom is -0.469 e. The largest absolute Gasteiger partial charge is 0.469 e. The molecule has 10 heteroatoms. The normalized spacial score (nSPS) is 18.9. The fraction of sp³-hybridized carbons (Fsp3) is 0.586. The molecule has 214 valence electrons. The van der Waals surface area contributed by atoms with E-state index in [0.29, 0.717) is 24.9 Å². The summed E-state index contributed by atoms with van der Waals surface area (Å²) in [6.45, 7) is 13.3. The molecule has 3 rings (SSSR count). The Morgan fingerprint density at radius 2 is 1.62 bits per heavy atom. The molecule has 0 N–H and O–H groups in total. The smallest absolute Gasteiger partial charge is 0.305 e. The molecule has 1 fully saturated rings. The summed E-state index contributed by atoms with van der Waals surface area (Å²) in [6.07, 6.45) is 5.77. The highest BCUT2D eigenvalue weighted by Crippen LogP contribution is 2.39. The lowest BCUT2D eigenvalue weighted by Crippen LogP contribution is -2.47. The summed E-state index contributed by atoms with van der Waals surface area (Å²) in [6, 6.07) is 7.84. The van der Waals surface area contributed by atoms with Gasteiger partial charge < -0.3 is 14.1 Å². The van der Waals surface area contributed by atoms with Crippen molar-refractivity contribution in [3.05, 3.63) is 52.0 Å². The van der Waals surface area contributed by atoms with Gasteiger partial charge in [0.2, 0.25) is 0 Å². The second kappa shape index (κ2) is 13.1. The number of benzene rings is 1. The summed E-state index contributed by atoms with van der Waals surface area (Å²) in [5.74, 6) is 0.296. The highest BCUT2D eigenvalue weighted by molar-refractivity contribution is 6.74. The zero-order valence-electron chi connectivity index (χ0n) is 24.1. The van der Waals surface area contributed by atoms with Crippen LogP contribution in [-0.4, -0.2) is 49.9 Å². The number of hydrogen-bond donors (Lipinski definition) is 0. The summed E-state index contributed by atoms with van der Waals surface area (Å²) in [7, 11) is -0.603. The van der Waals surface area contributed by atoms with Crippen molar-refractivity contribution >= 4 is 49.1 Å². The van der Waals surface area contributed by atoms with Gasteiger partial charge in [0.15, 0.2) is 8.32 Å². The minimum absolute atomic E-state index is 0.0165. The van der Waals surface area contributed by atoms with Crippen molar-refractivity contribution in [1.29, 1.82) is 0 Å². The highest BCUT2D eigenvalue weighted by atomic mass is 35.5. The quantitative estimate of drug-likeness (QED) is 0.168. The third-order valence-electron chi connectivity index (χ3n) is 8.29. The number of amides is 1. The van der Waals surface area contributed by atoms with E-state index < -0.39 is 8.32 Å². The van der Waals surface area contributed by atoms with Crippen molar-refractivity contribution in [1.82, 2.24) is 9.97 Å². The maximum absolute atomic E-state index is 13.9. The van der Waals surface area contributed by atoms with Crippen molar-refractivity contribution in [3.8, 4) is 0 Å². The van der Waals surface area contributed by atoms with Gasteiger partial charge >= 0.3 is 5.97 Å². The molecule has 0 aliphatic heterocycles. The number of anilines is 1. The molecule has 39 heavy (non-hydrogen) atoms. The molecule has 1 saturated carbocycles. The van der Waals surface area contributed by atoms with Crippen LogP contribution in [0.3, 0.4) is 0 Å². The van der Waals surface area contributed by atoms with Crippen LogP contribution in [-0.2, 0) is 14.0 Å². The van der Waals surface area contributed by atoms with Gasteiger partial charge in [-0.3, -0.25) is 9.59 Å². The van der Waals surface area contributed by atoms with Gasteiger partial charge in [-0.15, -0.1) is 0 Å². The first-order valence-electron chi connectivity index (χ1n) is 13.6. The summed E-state index contributed by atoms with van der Waals surface area (Å²) >= 11 is 12.6. The van der Waals surface area contributed by atoms with Gasteiger partial charge in [-0.2, -0.15) is 0 Å². The van der Waals surface area contributed by atoms with E-state index in [2.05, 4.69) is 56.0 Å². The number of ether oxygens (including phenoxy) is 1. The lowest BCUT2D eigenvalue weighted by molar-refractivity contribution is -0.142. The van der Waals surface area contributed by atoms with Gasteiger partial charge in [-0.1, -0.05) is 56.1 Å². The molecule has 1 aromatic heterocycles. The molecule has 0 saturated heterocycles. The number of rotatable bonds is 9. The molecule has 1 aromatic carbocycles. The average molecular weight is 595 g/mol. The van der Waals surface area contributed by atoms with E-state index in [1.54, 1.807) is 4.90 Å². The number of esters is 1. The monoisotopic (exact) mass is 593 g/mol. The van der Waals surface area contributed by atoms with E-state index in [0.717, 1.165) is 31.4 Å². The van der Waals surface area contributed by atoms with E-state index >= 15 is 0 Å². The van der Waals surface area contributed by atoms with Crippen molar-refractivity contribution in [2.24, 2.45) is 5.92 Å². The summed E-state index contributed by atoms with van der Waals surface area (Å²) in [5, 5.41) is 0.0737. The summed E-state index contributed by atoms with van der Waals surface area (Å²) in [4.78, 5) is 35.2. The van der Waals surface area contributed by atoms with Gasteiger partial charge in [0.1, 0.15) is 22.2 Å². The topological polar surface area (TPSA) is 81.6 Å². The van der Waals surface area contributed by atoms with E-state index in [1.165, 1.54) is 19.0 Å². The summed E-state index contributed by atoms with van der Waals surface area (Å²) in [5.41, 5.74) is 2.03. The molecule has 7 nitrogen and oxygen atoms in total. The van der Waals surface area contributed by atoms with Crippen LogP contribution in [0, 0.1) is 5.92 Å².